The average Bonchev–Trinajstić information content (AvgIpc) is 2.55. The number of aryl methyl sites for hydroxylation is 1. The molecule has 0 aliphatic rings. The average molecular weight is 290 g/mol. The number of rotatable bonds is 3. The van der Waals surface area contributed by atoms with E-state index in [-0.39, 0.29) is 5.92 Å². The fourth-order valence-corrected chi connectivity index (χ4v) is 3.09. The highest BCUT2D eigenvalue weighted by molar-refractivity contribution is 5.92. The molecule has 0 amide bonds. The summed E-state index contributed by atoms with van der Waals surface area (Å²) in [6.07, 6.45) is 0. The Kier molecular flexibility index (Phi) is 3.68. The molecule has 3 rings (SSSR count). The second-order valence-electron chi connectivity index (χ2n) is 5.63. The Labute approximate surface area is 130 Å². The maximum absolute atomic E-state index is 11.5. The highest BCUT2D eigenvalue weighted by Crippen LogP contribution is 2.33. The van der Waals surface area contributed by atoms with Crippen LogP contribution < -0.4 is 0 Å². The molecule has 0 bridgehead atoms. The zero-order valence-electron chi connectivity index (χ0n) is 12.7. The minimum Gasteiger partial charge on any atom is -0.478 e. The monoisotopic (exact) mass is 290 g/mol. The molecule has 3 aromatic rings. The van der Waals surface area contributed by atoms with Crippen LogP contribution in [0.3, 0.4) is 0 Å². The standard InChI is InChI=1S/C20H18O2/c1-13-11-12-17(18-9-5-3-7-15(13)18)14(2)16-8-4-6-10-19(16)20(21)22/h3-12,14H,1-2H3,(H,21,22). The third-order valence-corrected chi connectivity index (χ3v) is 4.30. The van der Waals surface area contributed by atoms with E-state index in [1.807, 2.05) is 24.3 Å². The van der Waals surface area contributed by atoms with Gasteiger partial charge < -0.3 is 5.11 Å². The molecule has 0 spiro atoms. The van der Waals surface area contributed by atoms with E-state index in [1.165, 1.54) is 16.3 Å². The molecule has 0 aliphatic heterocycles. The van der Waals surface area contributed by atoms with Crippen LogP contribution in [-0.4, -0.2) is 11.1 Å². The van der Waals surface area contributed by atoms with E-state index >= 15 is 0 Å². The Bertz CT molecular complexity index is 849. The number of fused-ring (bicyclic) bond motifs is 1. The molecule has 0 heterocycles. The Morgan fingerprint density at radius 2 is 1.50 bits per heavy atom. The van der Waals surface area contributed by atoms with Gasteiger partial charge in [0.05, 0.1) is 5.56 Å². The van der Waals surface area contributed by atoms with Crippen LogP contribution in [0.25, 0.3) is 10.8 Å². The van der Waals surface area contributed by atoms with Crippen molar-refractivity contribution in [2.45, 2.75) is 19.8 Å². The molecular weight excluding hydrogens is 272 g/mol. The molecule has 1 atom stereocenters. The minimum absolute atomic E-state index is 0.0257. The lowest BCUT2D eigenvalue weighted by molar-refractivity contribution is 0.0695. The normalized spacial score (nSPS) is 12.3. The molecule has 0 saturated carbocycles. The predicted octanol–water partition coefficient (Wildman–Crippen LogP) is 5.00. The summed E-state index contributed by atoms with van der Waals surface area (Å²) in [6, 6.07) is 19.8. The first-order valence-electron chi connectivity index (χ1n) is 7.40. The summed E-state index contributed by atoms with van der Waals surface area (Å²) in [5.74, 6) is -0.850. The summed E-state index contributed by atoms with van der Waals surface area (Å²) in [7, 11) is 0. The van der Waals surface area contributed by atoms with Crippen molar-refractivity contribution in [1.29, 1.82) is 0 Å². The van der Waals surface area contributed by atoms with Crippen molar-refractivity contribution in [3.8, 4) is 0 Å². The van der Waals surface area contributed by atoms with Crippen molar-refractivity contribution in [3.05, 3.63) is 82.9 Å². The number of aromatic carboxylic acids is 1. The summed E-state index contributed by atoms with van der Waals surface area (Å²) in [4.78, 5) is 11.5. The van der Waals surface area contributed by atoms with Crippen molar-refractivity contribution in [2.75, 3.05) is 0 Å². The van der Waals surface area contributed by atoms with Crippen LogP contribution in [0.4, 0.5) is 0 Å². The molecule has 3 aromatic carbocycles. The number of carbonyl (C=O) groups is 1. The highest BCUT2D eigenvalue weighted by Gasteiger charge is 2.18. The maximum atomic E-state index is 11.5. The van der Waals surface area contributed by atoms with Gasteiger partial charge in [-0.05, 0) is 40.5 Å². The largest absolute Gasteiger partial charge is 0.478 e. The molecule has 0 fully saturated rings. The Hall–Kier alpha value is -2.61. The van der Waals surface area contributed by atoms with E-state index in [0.29, 0.717) is 5.56 Å². The summed E-state index contributed by atoms with van der Waals surface area (Å²) in [5.41, 5.74) is 3.62. The number of hydrogen-bond acceptors (Lipinski definition) is 1. The van der Waals surface area contributed by atoms with Crippen LogP contribution in [0.5, 0.6) is 0 Å². The first-order chi connectivity index (χ1) is 10.6. The van der Waals surface area contributed by atoms with Crippen LogP contribution in [-0.2, 0) is 0 Å². The molecule has 110 valence electrons. The van der Waals surface area contributed by atoms with Crippen molar-refractivity contribution in [1.82, 2.24) is 0 Å². The van der Waals surface area contributed by atoms with Gasteiger partial charge in [-0.2, -0.15) is 0 Å². The Morgan fingerprint density at radius 3 is 2.23 bits per heavy atom. The minimum atomic E-state index is -0.876. The van der Waals surface area contributed by atoms with Gasteiger partial charge in [-0.15, -0.1) is 0 Å². The van der Waals surface area contributed by atoms with Crippen molar-refractivity contribution < 1.29 is 9.90 Å². The van der Waals surface area contributed by atoms with E-state index in [9.17, 15) is 9.90 Å². The number of carboxylic acid groups (broad SMARTS) is 1. The number of hydrogen-bond donors (Lipinski definition) is 1. The first-order valence-corrected chi connectivity index (χ1v) is 7.40. The van der Waals surface area contributed by atoms with E-state index in [1.54, 1.807) is 12.1 Å². The van der Waals surface area contributed by atoms with Gasteiger partial charge in [-0.25, -0.2) is 4.79 Å². The lowest BCUT2D eigenvalue weighted by Gasteiger charge is -2.18. The van der Waals surface area contributed by atoms with Crippen LogP contribution in [0.1, 0.15) is 39.9 Å². The molecule has 0 aliphatic carbocycles. The molecule has 0 radical (unpaired) electrons. The van der Waals surface area contributed by atoms with Gasteiger partial charge in [0, 0.05) is 5.92 Å². The van der Waals surface area contributed by atoms with Crippen molar-refractivity contribution >= 4 is 16.7 Å². The van der Waals surface area contributed by atoms with Gasteiger partial charge >= 0.3 is 5.97 Å². The van der Waals surface area contributed by atoms with Crippen LogP contribution >= 0.6 is 0 Å². The second-order valence-corrected chi connectivity index (χ2v) is 5.63. The molecule has 2 nitrogen and oxygen atoms in total. The summed E-state index contributed by atoms with van der Waals surface area (Å²) in [6.45, 7) is 4.17. The summed E-state index contributed by atoms with van der Waals surface area (Å²) in [5, 5.41) is 11.8. The van der Waals surface area contributed by atoms with Gasteiger partial charge in [0.15, 0.2) is 0 Å². The third-order valence-electron chi connectivity index (χ3n) is 4.30. The van der Waals surface area contributed by atoms with Crippen molar-refractivity contribution in [2.24, 2.45) is 0 Å². The van der Waals surface area contributed by atoms with Gasteiger partial charge in [-0.3, -0.25) is 0 Å². The fourth-order valence-electron chi connectivity index (χ4n) is 3.09. The van der Waals surface area contributed by atoms with Gasteiger partial charge in [-0.1, -0.05) is 61.5 Å². The highest BCUT2D eigenvalue weighted by atomic mass is 16.4. The van der Waals surface area contributed by atoms with E-state index in [4.69, 9.17) is 0 Å². The molecule has 0 aromatic heterocycles. The van der Waals surface area contributed by atoms with Crippen LogP contribution in [0, 0.1) is 6.92 Å². The molecular formula is C20H18O2. The zero-order chi connectivity index (χ0) is 15.7. The lowest BCUT2D eigenvalue weighted by atomic mass is 9.86. The molecule has 1 unspecified atom stereocenters. The van der Waals surface area contributed by atoms with Crippen molar-refractivity contribution in [3.63, 3.8) is 0 Å². The maximum Gasteiger partial charge on any atom is 0.335 e. The lowest BCUT2D eigenvalue weighted by Crippen LogP contribution is -2.06. The van der Waals surface area contributed by atoms with E-state index in [2.05, 4.69) is 38.1 Å². The van der Waals surface area contributed by atoms with E-state index in [0.717, 1.165) is 11.1 Å². The van der Waals surface area contributed by atoms with Gasteiger partial charge in [0.1, 0.15) is 0 Å². The smallest absolute Gasteiger partial charge is 0.335 e. The van der Waals surface area contributed by atoms with E-state index < -0.39 is 5.97 Å². The van der Waals surface area contributed by atoms with Crippen LogP contribution in [0.2, 0.25) is 0 Å². The zero-order valence-corrected chi connectivity index (χ0v) is 12.7. The number of benzene rings is 3. The fraction of sp³-hybridized carbons (Fsp3) is 0.150. The quantitative estimate of drug-likeness (QED) is 0.737. The number of carboxylic acids is 1. The SMILES string of the molecule is Cc1ccc(C(C)c2ccccc2C(=O)O)c2ccccc12. The van der Waals surface area contributed by atoms with Gasteiger partial charge in [0.25, 0.3) is 0 Å². The van der Waals surface area contributed by atoms with Crippen LogP contribution in [0.15, 0.2) is 60.7 Å². The molecule has 22 heavy (non-hydrogen) atoms. The summed E-state index contributed by atoms with van der Waals surface area (Å²) < 4.78 is 0. The predicted molar refractivity (Wildman–Crippen MR) is 89.6 cm³/mol. The molecule has 2 heteroatoms. The Balaban J connectivity index is 2.20. The third kappa shape index (κ3) is 2.37. The second kappa shape index (κ2) is 5.64. The molecule has 0 saturated heterocycles. The van der Waals surface area contributed by atoms with Gasteiger partial charge in [0.2, 0.25) is 0 Å². The topological polar surface area (TPSA) is 37.3 Å². The summed E-state index contributed by atoms with van der Waals surface area (Å²) >= 11 is 0. The Morgan fingerprint density at radius 1 is 0.864 bits per heavy atom. The molecule has 1 N–H and O–H groups in total. The first kappa shape index (κ1) is 14.3.